The number of hydrogen-bond donors (Lipinski definition) is 1. The first-order chi connectivity index (χ1) is 10.1. The molecule has 3 rings (SSSR count). The summed E-state index contributed by atoms with van der Waals surface area (Å²) in [5.74, 6) is 0.781. The van der Waals surface area contributed by atoms with E-state index in [4.69, 9.17) is 5.26 Å². The van der Waals surface area contributed by atoms with Gasteiger partial charge in [-0.25, -0.2) is 4.68 Å². The Kier molecular flexibility index (Phi) is 3.22. The lowest BCUT2D eigenvalue weighted by molar-refractivity contribution is -0.116. The molecular formula is C16H16N4O. The molecular weight excluding hydrogens is 264 g/mol. The second-order valence-corrected chi connectivity index (χ2v) is 5.53. The molecule has 0 aliphatic carbocycles. The molecule has 0 saturated heterocycles. The average molecular weight is 280 g/mol. The highest BCUT2D eigenvalue weighted by molar-refractivity contribution is 5.94. The molecule has 5 nitrogen and oxygen atoms in total. The molecule has 2 aromatic rings. The van der Waals surface area contributed by atoms with Crippen molar-refractivity contribution in [2.75, 3.05) is 5.32 Å². The number of carbonyl (C=O) groups excluding carboxylic acids is 1. The van der Waals surface area contributed by atoms with Crippen LogP contribution in [-0.2, 0) is 4.79 Å². The van der Waals surface area contributed by atoms with Gasteiger partial charge in [0, 0.05) is 23.9 Å². The minimum absolute atomic E-state index is 0.000685. The van der Waals surface area contributed by atoms with Crippen LogP contribution in [-0.4, -0.2) is 15.7 Å². The van der Waals surface area contributed by atoms with Gasteiger partial charge in [0.25, 0.3) is 0 Å². The van der Waals surface area contributed by atoms with Crippen LogP contribution >= 0.6 is 0 Å². The van der Waals surface area contributed by atoms with Crippen LogP contribution in [0.2, 0.25) is 0 Å². The van der Waals surface area contributed by atoms with E-state index >= 15 is 0 Å². The van der Waals surface area contributed by atoms with Crippen molar-refractivity contribution in [3.63, 3.8) is 0 Å². The van der Waals surface area contributed by atoms with Crippen molar-refractivity contribution in [1.29, 1.82) is 5.26 Å². The van der Waals surface area contributed by atoms with E-state index in [0.29, 0.717) is 12.0 Å². The fourth-order valence-corrected chi connectivity index (χ4v) is 2.72. The smallest absolute Gasteiger partial charge is 0.226 e. The molecule has 0 radical (unpaired) electrons. The Morgan fingerprint density at radius 2 is 2.10 bits per heavy atom. The van der Waals surface area contributed by atoms with Crippen molar-refractivity contribution in [1.82, 2.24) is 9.78 Å². The van der Waals surface area contributed by atoms with Crippen molar-refractivity contribution in [2.45, 2.75) is 32.2 Å². The Balaban J connectivity index is 2.05. The van der Waals surface area contributed by atoms with Crippen LogP contribution in [0.3, 0.4) is 0 Å². The zero-order valence-electron chi connectivity index (χ0n) is 12.0. The molecule has 1 atom stereocenters. The topological polar surface area (TPSA) is 70.7 Å². The fourth-order valence-electron chi connectivity index (χ4n) is 2.72. The molecule has 1 amide bonds. The Labute approximate surface area is 123 Å². The summed E-state index contributed by atoms with van der Waals surface area (Å²) < 4.78 is 1.84. The minimum Gasteiger partial charge on any atom is -0.311 e. The predicted octanol–water partition coefficient (Wildman–Crippen LogP) is 2.81. The fraction of sp³-hybridized carbons (Fsp3) is 0.312. The first-order valence-electron chi connectivity index (χ1n) is 6.97. The molecule has 1 aliphatic heterocycles. The van der Waals surface area contributed by atoms with E-state index < -0.39 is 0 Å². The number of aromatic nitrogens is 2. The molecule has 5 heteroatoms. The summed E-state index contributed by atoms with van der Waals surface area (Å²) in [6, 6.07) is 9.70. The summed E-state index contributed by atoms with van der Waals surface area (Å²) in [5.41, 5.74) is 2.69. The van der Waals surface area contributed by atoms with Gasteiger partial charge < -0.3 is 5.32 Å². The van der Waals surface area contributed by atoms with Crippen LogP contribution in [0.5, 0.6) is 0 Å². The van der Waals surface area contributed by atoms with E-state index in [1.807, 2.05) is 36.9 Å². The van der Waals surface area contributed by atoms with Gasteiger partial charge in [-0.15, -0.1) is 0 Å². The quantitative estimate of drug-likeness (QED) is 0.919. The normalized spacial score (nSPS) is 17.2. The molecule has 0 saturated carbocycles. The van der Waals surface area contributed by atoms with Gasteiger partial charge in [0.2, 0.25) is 5.91 Å². The summed E-state index contributed by atoms with van der Waals surface area (Å²) in [6.07, 6.45) is 2.24. The average Bonchev–Trinajstić information content (AvgIpc) is 2.90. The highest BCUT2D eigenvalue weighted by Gasteiger charge is 2.30. The summed E-state index contributed by atoms with van der Waals surface area (Å²) in [4.78, 5) is 12.0. The first kappa shape index (κ1) is 13.4. The lowest BCUT2D eigenvalue weighted by atomic mass is 9.87. The minimum atomic E-state index is -0.00556. The molecule has 0 fully saturated rings. The van der Waals surface area contributed by atoms with Crippen LogP contribution in [0.15, 0.2) is 30.5 Å². The van der Waals surface area contributed by atoms with E-state index in [9.17, 15) is 4.79 Å². The molecule has 1 aromatic carbocycles. The van der Waals surface area contributed by atoms with Gasteiger partial charge in [-0.1, -0.05) is 12.1 Å². The molecule has 1 aromatic heterocycles. The maximum absolute atomic E-state index is 12.0. The van der Waals surface area contributed by atoms with E-state index in [-0.39, 0.29) is 17.9 Å². The number of benzene rings is 1. The monoisotopic (exact) mass is 280 g/mol. The van der Waals surface area contributed by atoms with Gasteiger partial charge in [-0.3, -0.25) is 4.79 Å². The van der Waals surface area contributed by atoms with Crippen LogP contribution in [0.4, 0.5) is 5.82 Å². The standard InChI is InChI=1S/C16H16N4O/c1-10(2)20-16-14(9-18-20)13(7-15(21)19-16)12-5-3-11(8-17)4-6-12/h3-6,9-10,13H,7H2,1-2H3,(H,19,21)/t13-/m1/s1. The summed E-state index contributed by atoms with van der Waals surface area (Å²) in [5, 5.41) is 16.2. The van der Waals surface area contributed by atoms with Crippen molar-refractivity contribution >= 4 is 11.7 Å². The summed E-state index contributed by atoms with van der Waals surface area (Å²) in [6.45, 7) is 4.07. The molecule has 0 spiro atoms. The number of nitriles is 1. The van der Waals surface area contributed by atoms with Gasteiger partial charge in [0.1, 0.15) is 5.82 Å². The van der Waals surface area contributed by atoms with Gasteiger partial charge >= 0.3 is 0 Å². The maximum atomic E-state index is 12.0. The van der Waals surface area contributed by atoms with Gasteiger partial charge in [0.05, 0.1) is 17.8 Å². The summed E-state index contributed by atoms with van der Waals surface area (Å²) >= 11 is 0. The van der Waals surface area contributed by atoms with Crippen molar-refractivity contribution < 1.29 is 4.79 Å². The molecule has 21 heavy (non-hydrogen) atoms. The zero-order chi connectivity index (χ0) is 15.0. The Bertz CT molecular complexity index is 722. The zero-order valence-corrected chi connectivity index (χ0v) is 12.0. The van der Waals surface area contributed by atoms with Crippen molar-refractivity contribution in [3.8, 4) is 6.07 Å². The van der Waals surface area contributed by atoms with Gasteiger partial charge in [0.15, 0.2) is 0 Å². The van der Waals surface area contributed by atoms with E-state index in [2.05, 4.69) is 16.5 Å². The van der Waals surface area contributed by atoms with Crippen molar-refractivity contribution in [3.05, 3.63) is 47.2 Å². The Morgan fingerprint density at radius 1 is 1.38 bits per heavy atom. The van der Waals surface area contributed by atoms with E-state index in [1.54, 1.807) is 12.1 Å². The summed E-state index contributed by atoms with van der Waals surface area (Å²) in [7, 11) is 0. The van der Waals surface area contributed by atoms with Crippen LogP contribution in [0, 0.1) is 11.3 Å². The molecule has 1 aliphatic rings. The maximum Gasteiger partial charge on any atom is 0.226 e. The Morgan fingerprint density at radius 3 is 2.71 bits per heavy atom. The molecule has 0 unspecified atom stereocenters. The number of anilines is 1. The second-order valence-electron chi connectivity index (χ2n) is 5.53. The largest absolute Gasteiger partial charge is 0.311 e. The van der Waals surface area contributed by atoms with Crippen LogP contribution < -0.4 is 5.32 Å². The highest BCUT2D eigenvalue weighted by atomic mass is 16.1. The highest BCUT2D eigenvalue weighted by Crippen LogP contribution is 2.37. The third kappa shape index (κ3) is 2.29. The number of hydrogen-bond acceptors (Lipinski definition) is 3. The number of carbonyl (C=O) groups is 1. The van der Waals surface area contributed by atoms with Crippen molar-refractivity contribution in [2.24, 2.45) is 0 Å². The number of nitrogens with zero attached hydrogens (tertiary/aromatic N) is 3. The van der Waals surface area contributed by atoms with E-state index in [0.717, 1.165) is 16.9 Å². The first-order valence-corrected chi connectivity index (χ1v) is 6.97. The number of rotatable bonds is 2. The van der Waals surface area contributed by atoms with Gasteiger partial charge in [-0.05, 0) is 31.5 Å². The van der Waals surface area contributed by atoms with Gasteiger partial charge in [-0.2, -0.15) is 10.4 Å². The van der Waals surface area contributed by atoms with Crippen LogP contribution in [0.1, 0.15) is 48.9 Å². The molecule has 0 bridgehead atoms. The molecule has 2 heterocycles. The predicted molar refractivity (Wildman–Crippen MR) is 78.9 cm³/mol. The second kappa shape index (κ2) is 5.06. The van der Waals surface area contributed by atoms with E-state index in [1.165, 1.54) is 0 Å². The lowest BCUT2D eigenvalue weighted by Gasteiger charge is -2.24. The SMILES string of the molecule is CC(C)n1ncc2c1NC(=O)C[C@@H]2c1ccc(C#N)cc1. The molecule has 106 valence electrons. The number of nitrogens with one attached hydrogen (secondary N) is 1. The van der Waals surface area contributed by atoms with Crippen LogP contribution in [0.25, 0.3) is 0 Å². The number of fused-ring (bicyclic) bond motifs is 1. The Hall–Kier alpha value is -2.61. The third-order valence-corrected chi connectivity index (χ3v) is 3.78. The molecule has 1 N–H and O–H groups in total. The lowest BCUT2D eigenvalue weighted by Crippen LogP contribution is -2.25. The number of amides is 1. The third-order valence-electron chi connectivity index (χ3n) is 3.78.